The van der Waals surface area contributed by atoms with Crippen LogP contribution in [0.2, 0.25) is 0 Å². The van der Waals surface area contributed by atoms with E-state index < -0.39 is 10.0 Å². The van der Waals surface area contributed by atoms with Crippen molar-refractivity contribution < 1.29 is 12.8 Å². The maximum absolute atomic E-state index is 12.9. The molecule has 1 aromatic carbocycles. The summed E-state index contributed by atoms with van der Waals surface area (Å²) in [5.41, 5.74) is 0.588. The van der Waals surface area contributed by atoms with E-state index in [-0.39, 0.29) is 17.6 Å². The normalized spacial score (nSPS) is 18.9. The van der Waals surface area contributed by atoms with Crippen molar-refractivity contribution in [2.24, 2.45) is 5.92 Å². The molecule has 1 fully saturated rings. The Morgan fingerprint density at radius 1 is 1.12 bits per heavy atom. The molecule has 0 aromatic heterocycles. The summed E-state index contributed by atoms with van der Waals surface area (Å²) in [4.78, 5) is 4.65. The number of sulfonamides is 1. The monoisotopic (exact) mass is 357 g/mol. The van der Waals surface area contributed by atoms with Crippen molar-refractivity contribution in [1.29, 1.82) is 0 Å². The third-order valence-corrected chi connectivity index (χ3v) is 5.88. The van der Waals surface area contributed by atoms with Gasteiger partial charge in [-0.25, -0.2) is 17.5 Å². The standard InChI is InChI=1S/C17H28FN3O2S/c1-14(2)17(21-10-8-20(3)9-11-21)12-19-24(22,23)13-15-4-6-16(18)7-5-15/h4-7,14,17,19H,8-13H2,1-3H3. The Kier molecular flexibility index (Phi) is 6.74. The third-order valence-electron chi connectivity index (χ3n) is 4.56. The second kappa shape index (κ2) is 8.38. The molecular formula is C17H28FN3O2S. The molecule has 1 saturated heterocycles. The Bertz CT molecular complexity index is 611. The summed E-state index contributed by atoms with van der Waals surface area (Å²) in [6.07, 6.45) is 0. The van der Waals surface area contributed by atoms with Crippen LogP contribution in [-0.2, 0) is 15.8 Å². The molecule has 0 aliphatic carbocycles. The number of halogens is 1. The average Bonchev–Trinajstić information content (AvgIpc) is 2.51. The van der Waals surface area contributed by atoms with E-state index in [9.17, 15) is 12.8 Å². The molecule has 0 amide bonds. The van der Waals surface area contributed by atoms with E-state index in [0.717, 1.165) is 26.2 Å². The zero-order chi connectivity index (χ0) is 17.7. The lowest BCUT2D eigenvalue weighted by atomic mass is 10.0. The minimum absolute atomic E-state index is 0.124. The second-order valence-electron chi connectivity index (χ2n) is 6.88. The Morgan fingerprint density at radius 3 is 2.25 bits per heavy atom. The molecule has 1 N–H and O–H groups in total. The first kappa shape index (κ1) is 19.3. The fraction of sp³-hybridized carbons (Fsp3) is 0.647. The highest BCUT2D eigenvalue weighted by Crippen LogP contribution is 2.14. The molecule has 2 rings (SSSR count). The zero-order valence-electron chi connectivity index (χ0n) is 14.7. The van der Waals surface area contributed by atoms with E-state index in [1.807, 2.05) is 0 Å². The largest absolute Gasteiger partial charge is 0.304 e. The van der Waals surface area contributed by atoms with E-state index in [2.05, 4.69) is 35.4 Å². The summed E-state index contributed by atoms with van der Waals surface area (Å²) < 4.78 is 40.3. The summed E-state index contributed by atoms with van der Waals surface area (Å²) in [5, 5.41) is 0. The molecule has 1 atom stereocenters. The van der Waals surface area contributed by atoms with Crippen molar-refractivity contribution in [2.45, 2.75) is 25.6 Å². The molecule has 136 valence electrons. The maximum Gasteiger partial charge on any atom is 0.215 e. The van der Waals surface area contributed by atoms with Crippen LogP contribution in [-0.4, -0.2) is 64.0 Å². The molecule has 24 heavy (non-hydrogen) atoms. The molecule has 1 aliphatic rings. The summed E-state index contributed by atoms with van der Waals surface area (Å²) >= 11 is 0. The molecule has 1 aromatic rings. The van der Waals surface area contributed by atoms with Gasteiger partial charge in [0.15, 0.2) is 0 Å². The van der Waals surface area contributed by atoms with Crippen LogP contribution in [0.25, 0.3) is 0 Å². The van der Waals surface area contributed by atoms with Gasteiger partial charge in [0.1, 0.15) is 5.82 Å². The number of nitrogens with one attached hydrogen (secondary N) is 1. The van der Waals surface area contributed by atoms with Gasteiger partial charge >= 0.3 is 0 Å². The van der Waals surface area contributed by atoms with Crippen molar-refractivity contribution in [3.05, 3.63) is 35.6 Å². The Labute approximate surface area is 144 Å². The average molecular weight is 357 g/mol. The summed E-state index contributed by atoms with van der Waals surface area (Å²) in [7, 11) is -1.33. The van der Waals surface area contributed by atoms with Gasteiger partial charge in [-0.3, -0.25) is 4.90 Å². The minimum Gasteiger partial charge on any atom is -0.304 e. The first-order chi connectivity index (χ1) is 11.3. The highest BCUT2D eigenvalue weighted by atomic mass is 32.2. The van der Waals surface area contributed by atoms with Crippen LogP contribution >= 0.6 is 0 Å². The molecular weight excluding hydrogens is 329 g/mol. The number of hydrogen-bond acceptors (Lipinski definition) is 4. The quantitative estimate of drug-likeness (QED) is 0.804. The van der Waals surface area contributed by atoms with Gasteiger partial charge in [0.2, 0.25) is 10.0 Å². The lowest BCUT2D eigenvalue weighted by Gasteiger charge is -2.39. The first-order valence-electron chi connectivity index (χ1n) is 8.41. The Balaban J connectivity index is 1.93. The summed E-state index contributed by atoms with van der Waals surface area (Å²) in [6, 6.07) is 5.77. The predicted octanol–water partition coefficient (Wildman–Crippen LogP) is 1.52. The van der Waals surface area contributed by atoms with E-state index >= 15 is 0 Å². The second-order valence-corrected chi connectivity index (χ2v) is 8.69. The SMILES string of the molecule is CC(C)C(CNS(=O)(=O)Cc1ccc(F)cc1)N1CCN(C)CC1. The zero-order valence-corrected chi connectivity index (χ0v) is 15.5. The Hall–Kier alpha value is -1.02. The van der Waals surface area contributed by atoms with Gasteiger partial charge in [0.25, 0.3) is 0 Å². The van der Waals surface area contributed by atoms with Crippen LogP contribution in [0.15, 0.2) is 24.3 Å². The van der Waals surface area contributed by atoms with Crippen LogP contribution in [0.1, 0.15) is 19.4 Å². The highest BCUT2D eigenvalue weighted by molar-refractivity contribution is 7.88. The number of rotatable bonds is 7. The van der Waals surface area contributed by atoms with E-state index in [4.69, 9.17) is 0 Å². The number of piperazine rings is 1. The molecule has 1 unspecified atom stereocenters. The smallest absolute Gasteiger partial charge is 0.215 e. The van der Waals surface area contributed by atoms with E-state index in [1.165, 1.54) is 24.3 Å². The van der Waals surface area contributed by atoms with Crippen LogP contribution in [0.3, 0.4) is 0 Å². The van der Waals surface area contributed by atoms with Gasteiger partial charge in [-0.15, -0.1) is 0 Å². The van der Waals surface area contributed by atoms with Gasteiger partial charge < -0.3 is 4.90 Å². The van der Waals surface area contributed by atoms with Crippen LogP contribution in [0, 0.1) is 11.7 Å². The third kappa shape index (κ3) is 5.81. The lowest BCUT2D eigenvalue weighted by Crippen LogP contribution is -2.54. The number of hydrogen-bond donors (Lipinski definition) is 1. The minimum atomic E-state index is -3.44. The van der Waals surface area contributed by atoms with E-state index in [1.54, 1.807) is 0 Å². The number of benzene rings is 1. The Morgan fingerprint density at radius 2 is 1.71 bits per heavy atom. The van der Waals surface area contributed by atoms with Crippen molar-refractivity contribution in [3.8, 4) is 0 Å². The fourth-order valence-electron chi connectivity index (χ4n) is 3.00. The lowest BCUT2D eigenvalue weighted by molar-refractivity contribution is 0.0905. The highest BCUT2D eigenvalue weighted by Gasteiger charge is 2.26. The number of nitrogens with zero attached hydrogens (tertiary/aromatic N) is 2. The topological polar surface area (TPSA) is 52.7 Å². The van der Waals surface area contributed by atoms with Gasteiger partial charge in [0, 0.05) is 38.8 Å². The molecule has 1 heterocycles. The maximum atomic E-state index is 12.9. The molecule has 0 saturated carbocycles. The van der Waals surface area contributed by atoms with E-state index in [0.29, 0.717) is 18.0 Å². The van der Waals surface area contributed by atoms with Crippen LogP contribution in [0.4, 0.5) is 4.39 Å². The fourth-order valence-corrected chi connectivity index (χ4v) is 4.16. The molecule has 7 heteroatoms. The van der Waals surface area contributed by atoms with Crippen molar-refractivity contribution >= 4 is 10.0 Å². The molecule has 0 spiro atoms. The number of likely N-dealkylation sites (N-methyl/N-ethyl adjacent to an activating group) is 1. The van der Waals surface area contributed by atoms with Gasteiger partial charge in [-0.05, 0) is 30.7 Å². The molecule has 0 bridgehead atoms. The molecule has 0 radical (unpaired) electrons. The predicted molar refractivity (Wildman–Crippen MR) is 94.7 cm³/mol. The van der Waals surface area contributed by atoms with Crippen molar-refractivity contribution in [3.63, 3.8) is 0 Å². The molecule has 1 aliphatic heterocycles. The molecule has 5 nitrogen and oxygen atoms in total. The first-order valence-corrected chi connectivity index (χ1v) is 10.1. The van der Waals surface area contributed by atoms with Gasteiger partial charge in [-0.1, -0.05) is 26.0 Å². The van der Waals surface area contributed by atoms with Crippen LogP contribution in [0.5, 0.6) is 0 Å². The summed E-state index contributed by atoms with van der Waals surface area (Å²) in [5.74, 6) is -0.123. The summed E-state index contributed by atoms with van der Waals surface area (Å²) in [6.45, 7) is 8.58. The van der Waals surface area contributed by atoms with Gasteiger partial charge in [0.05, 0.1) is 5.75 Å². The van der Waals surface area contributed by atoms with Gasteiger partial charge in [-0.2, -0.15) is 0 Å². The van der Waals surface area contributed by atoms with Crippen LogP contribution < -0.4 is 4.72 Å². The van der Waals surface area contributed by atoms with Crippen molar-refractivity contribution in [1.82, 2.24) is 14.5 Å². The van der Waals surface area contributed by atoms with Crippen molar-refractivity contribution in [2.75, 3.05) is 39.8 Å².